The first-order chi connectivity index (χ1) is 18.3. The van der Waals surface area contributed by atoms with E-state index in [4.69, 9.17) is 9.47 Å². The molecule has 0 radical (unpaired) electrons. The molecule has 0 saturated carbocycles. The Morgan fingerprint density at radius 1 is 0.692 bits per heavy atom. The summed E-state index contributed by atoms with van der Waals surface area (Å²) in [4.78, 5) is 24.7. The summed E-state index contributed by atoms with van der Waals surface area (Å²) >= 11 is 0. The molecular weight excluding hydrogens is 543 g/mol. The van der Waals surface area contributed by atoms with Gasteiger partial charge in [-0.1, -0.05) is 76.7 Å². The minimum Gasteiger partial charge on any atom is -0.744 e. The molecule has 7 nitrogen and oxygen atoms in total. The average molecular weight is 589 g/mol. The number of benzene rings is 1. The van der Waals surface area contributed by atoms with E-state index in [0.717, 1.165) is 50.3 Å². The van der Waals surface area contributed by atoms with Gasteiger partial charge in [-0.3, -0.25) is 0 Å². The molecule has 0 bridgehead atoms. The number of hydrogen-bond acceptors (Lipinski definition) is 7. The van der Waals surface area contributed by atoms with E-state index < -0.39 is 27.0 Å². The molecule has 0 unspecified atom stereocenters. The molecular formula is C30H45KO7S. The number of unbranched alkanes of at least 4 members (excludes halogenated alkanes) is 10. The summed E-state index contributed by atoms with van der Waals surface area (Å²) in [6.07, 6.45) is 22.8. The Bertz CT molecular complexity index is 987. The van der Waals surface area contributed by atoms with Crippen LogP contribution in [0.4, 0.5) is 0 Å². The van der Waals surface area contributed by atoms with Crippen molar-refractivity contribution < 1.29 is 83.4 Å². The SMILES string of the molecule is CCCCCC/C=C/CCCOC(=O)c1ccc(S(=O)(=O)[O-])cc1C(=O)OCCC/C=C/CCCCCC.[K+]. The number of rotatable bonds is 21. The Morgan fingerprint density at radius 3 is 1.56 bits per heavy atom. The number of carbonyl (C=O) groups excluding carboxylic acids is 2. The average Bonchev–Trinajstić information content (AvgIpc) is 2.89. The number of carbonyl (C=O) groups is 2. The Kier molecular flexibility index (Phi) is 23.4. The first-order valence-electron chi connectivity index (χ1n) is 14.0. The van der Waals surface area contributed by atoms with Crippen molar-refractivity contribution >= 4 is 22.1 Å². The molecule has 1 aromatic rings. The van der Waals surface area contributed by atoms with Gasteiger partial charge in [-0.25, -0.2) is 18.0 Å². The number of esters is 2. The van der Waals surface area contributed by atoms with Crippen LogP contribution in [-0.4, -0.2) is 38.1 Å². The fourth-order valence-corrected chi connectivity index (χ4v) is 4.26. The van der Waals surface area contributed by atoms with Gasteiger partial charge in [0.1, 0.15) is 10.1 Å². The maximum atomic E-state index is 12.7. The van der Waals surface area contributed by atoms with E-state index in [1.54, 1.807) is 0 Å². The van der Waals surface area contributed by atoms with E-state index in [2.05, 4.69) is 38.2 Å². The fraction of sp³-hybridized carbons (Fsp3) is 0.600. The predicted molar refractivity (Wildman–Crippen MR) is 149 cm³/mol. The molecule has 9 heteroatoms. The van der Waals surface area contributed by atoms with Gasteiger partial charge < -0.3 is 14.0 Å². The van der Waals surface area contributed by atoms with Crippen molar-refractivity contribution in [1.82, 2.24) is 0 Å². The van der Waals surface area contributed by atoms with Crippen LogP contribution in [0.3, 0.4) is 0 Å². The molecule has 0 saturated heterocycles. The Hall–Kier alpha value is -0.814. The molecule has 0 aliphatic rings. The molecule has 0 fully saturated rings. The number of ether oxygens (including phenoxy) is 2. The third-order valence-corrected chi connectivity index (χ3v) is 6.83. The second-order valence-electron chi connectivity index (χ2n) is 9.36. The molecule has 0 aromatic heterocycles. The van der Waals surface area contributed by atoms with Crippen LogP contribution in [0.15, 0.2) is 47.4 Å². The molecule has 0 amide bonds. The van der Waals surface area contributed by atoms with Crippen LogP contribution in [0.2, 0.25) is 0 Å². The zero-order valence-corrected chi connectivity index (χ0v) is 28.1. The van der Waals surface area contributed by atoms with Crippen LogP contribution in [0.5, 0.6) is 0 Å². The molecule has 0 spiro atoms. The minimum atomic E-state index is -4.81. The van der Waals surface area contributed by atoms with Crippen LogP contribution < -0.4 is 51.4 Å². The summed E-state index contributed by atoms with van der Waals surface area (Å²) in [6.45, 7) is 4.61. The third kappa shape index (κ3) is 18.3. The van der Waals surface area contributed by atoms with Crippen LogP contribution in [0.1, 0.15) is 124 Å². The smallest absolute Gasteiger partial charge is 0.744 e. The van der Waals surface area contributed by atoms with E-state index in [0.29, 0.717) is 12.8 Å². The van der Waals surface area contributed by atoms with E-state index in [9.17, 15) is 22.6 Å². The van der Waals surface area contributed by atoms with Gasteiger partial charge >= 0.3 is 63.3 Å². The van der Waals surface area contributed by atoms with Gasteiger partial charge in [0, 0.05) is 0 Å². The number of hydrogen-bond donors (Lipinski definition) is 0. The molecule has 214 valence electrons. The van der Waals surface area contributed by atoms with Crippen LogP contribution >= 0.6 is 0 Å². The zero-order chi connectivity index (χ0) is 28.1. The van der Waals surface area contributed by atoms with Crippen molar-refractivity contribution in [3.05, 3.63) is 53.6 Å². The van der Waals surface area contributed by atoms with Gasteiger partial charge in [-0.15, -0.1) is 0 Å². The van der Waals surface area contributed by atoms with Crippen molar-refractivity contribution in [2.45, 2.75) is 109 Å². The summed E-state index contributed by atoms with van der Waals surface area (Å²) in [5, 5.41) is 0. The second kappa shape index (κ2) is 23.8. The van der Waals surface area contributed by atoms with Crippen molar-refractivity contribution in [2.24, 2.45) is 0 Å². The molecule has 39 heavy (non-hydrogen) atoms. The maximum Gasteiger partial charge on any atom is 1.00 e. The fourth-order valence-electron chi connectivity index (χ4n) is 3.76. The van der Waals surface area contributed by atoms with Gasteiger partial charge in [0.2, 0.25) is 0 Å². The van der Waals surface area contributed by atoms with Crippen molar-refractivity contribution in [1.29, 1.82) is 0 Å². The standard InChI is InChI=1S/C30H46O7S.K/c1-3-5-7-9-11-13-15-17-19-23-36-29(31)27-22-21-26(38(33,34)35)25-28(27)30(32)37-24-20-18-16-14-12-10-8-6-4-2;/h13-16,21-22,25H,3-12,17-20,23-24H2,1-2H3,(H,33,34,35);/q;+1/p-1/b15-13+,16-14+;. The molecule has 0 atom stereocenters. The van der Waals surface area contributed by atoms with Gasteiger partial charge in [-0.2, -0.15) is 0 Å². The van der Waals surface area contributed by atoms with E-state index >= 15 is 0 Å². The Balaban J connectivity index is 0.0000144. The molecule has 1 aromatic carbocycles. The molecule has 0 N–H and O–H groups in total. The number of allylic oxidation sites excluding steroid dienone is 4. The minimum absolute atomic E-state index is 0. The maximum absolute atomic E-state index is 12.7. The normalized spacial score (nSPS) is 11.6. The summed E-state index contributed by atoms with van der Waals surface area (Å²) in [5.41, 5.74) is -0.411. The van der Waals surface area contributed by atoms with Crippen molar-refractivity contribution in [3.63, 3.8) is 0 Å². The molecule has 1 rings (SSSR count). The summed E-state index contributed by atoms with van der Waals surface area (Å²) in [6, 6.07) is 3.02. The summed E-state index contributed by atoms with van der Waals surface area (Å²) in [7, 11) is -4.81. The van der Waals surface area contributed by atoms with Gasteiger partial charge in [0.15, 0.2) is 0 Å². The summed E-state index contributed by atoms with van der Waals surface area (Å²) < 4.78 is 45.0. The van der Waals surface area contributed by atoms with E-state index in [-0.39, 0.29) is 75.7 Å². The quantitative estimate of drug-likeness (QED) is 0.0683. The van der Waals surface area contributed by atoms with Crippen LogP contribution in [0.25, 0.3) is 0 Å². The monoisotopic (exact) mass is 588 g/mol. The Labute approximate surface area is 278 Å². The Morgan fingerprint density at radius 2 is 1.13 bits per heavy atom. The second-order valence-corrected chi connectivity index (χ2v) is 10.7. The molecule has 0 aliphatic carbocycles. The first-order valence-corrected chi connectivity index (χ1v) is 15.5. The van der Waals surface area contributed by atoms with Crippen LogP contribution in [-0.2, 0) is 19.6 Å². The zero-order valence-electron chi connectivity index (χ0n) is 24.1. The third-order valence-electron chi connectivity index (χ3n) is 6.00. The predicted octanol–water partition coefficient (Wildman–Crippen LogP) is 4.52. The van der Waals surface area contributed by atoms with Gasteiger partial charge in [0.05, 0.1) is 29.2 Å². The van der Waals surface area contributed by atoms with Gasteiger partial charge in [0.25, 0.3) is 0 Å². The molecule has 0 aliphatic heterocycles. The van der Waals surface area contributed by atoms with Crippen molar-refractivity contribution in [3.8, 4) is 0 Å². The van der Waals surface area contributed by atoms with Crippen molar-refractivity contribution in [2.75, 3.05) is 13.2 Å². The van der Waals surface area contributed by atoms with E-state index in [1.165, 1.54) is 44.9 Å². The van der Waals surface area contributed by atoms with E-state index in [1.807, 2.05) is 0 Å². The first kappa shape index (κ1) is 38.2. The van der Waals surface area contributed by atoms with Gasteiger partial charge in [-0.05, 0) is 69.6 Å². The topological polar surface area (TPSA) is 110 Å². The molecule has 0 heterocycles. The van der Waals surface area contributed by atoms with Crippen LogP contribution in [0, 0.1) is 0 Å². The largest absolute Gasteiger partial charge is 1.00 e. The summed E-state index contributed by atoms with van der Waals surface area (Å²) in [5.74, 6) is -1.63.